The molecule has 1 heterocycles. The molecular weight excluding hydrogens is 274 g/mol. The van der Waals surface area contributed by atoms with Crippen LogP contribution in [-0.4, -0.2) is 29.0 Å². The van der Waals surface area contributed by atoms with Gasteiger partial charge in [-0.2, -0.15) is 5.10 Å². The molecule has 0 radical (unpaired) electrons. The van der Waals surface area contributed by atoms with E-state index in [2.05, 4.69) is 38.1 Å². The average molecular weight is 302 g/mol. The van der Waals surface area contributed by atoms with Gasteiger partial charge >= 0.3 is 0 Å². The van der Waals surface area contributed by atoms with Crippen molar-refractivity contribution in [3.8, 4) is 0 Å². The highest BCUT2D eigenvalue weighted by atomic mass is 35.5. The lowest BCUT2D eigenvalue weighted by Crippen LogP contribution is -2.18. The van der Waals surface area contributed by atoms with Crippen LogP contribution in [0, 0.1) is 12.8 Å². The molecule has 0 fully saturated rings. The largest absolute Gasteiger partial charge is 0.379 e. The second-order valence-electron chi connectivity index (χ2n) is 5.88. The number of aryl methyl sites for hydroxylation is 1. The summed E-state index contributed by atoms with van der Waals surface area (Å²) in [6, 6.07) is 0. The number of halogens is 1. The molecule has 0 saturated carbocycles. The van der Waals surface area contributed by atoms with E-state index in [4.69, 9.17) is 16.3 Å². The van der Waals surface area contributed by atoms with E-state index < -0.39 is 0 Å². The summed E-state index contributed by atoms with van der Waals surface area (Å²) in [6.45, 7) is 13.8. The zero-order valence-corrected chi connectivity index (χ0v) is 14.1. The van der Waals surface area contributed by atoms with Crippen molar-refractivity contribution in [1.82, 2.24) is 15.1 Å². The molecule has 5 heteroatoms. The minimum absolute atomic E-state index is 0.306. The van der Waals surface area contributed by atoms with Gasteiger partial charge in [0.25, 0.3) is 0 Å². The molecule has 4 nitrogen and oxygen atoms in total. The Kier molecular flexibility index (Phi) is 7.56. The summed E-state index contributed by atoms with van der Waals surface area (Å²) in [5, 5.41) is 8.68. The summed E-state index contributed by atoms with van der Waals surface area (Å²) < 4.78 is 7.41. The minimum Gasteiger partial charge on any atom is -0.379 e. The Morgan fingerprint density at radius 1 is 1.30 bits per heavy atom. The smallest absolute Gasteiger partial charge is 0.131 e. The van der Waals surface area contributed by atoms with Crippen LogP contribution in [0.25, 0.3) is 0 Å². The number of hydrogen-bond acceptors (Lipinski definition) is 3. The van der Waals surface area contributed by atoms with E-state index in [1.54, 1.807) is 0 Å². The molecule has 0 unspecified atom stereocenters. The highest BCUT2D eigenvalue weighted by Gasteiger charge is 2.13. The normalized spacial score (nSPS) is 11.8. The molecule has 1 aromatic heterocycles. The first-order valence-corrected chi connectivity index (χ1v) is 7.83. The van der Waals surface area contributed by atoms with Gasteiger partial charge in [-0.25, -0.2) is 0 Å². The third-order valence-corrected chi connectivity index (χ3v) is 3.40. The summed E-state index contributed by atoms with van der Waals surface area (Å²) >= 11 is 6.39. The van der Waals surface area contributed by atoms with Gasteiger partial charge in [0, 0.05) is 25.3 Å². The van der Waals surface area contributed by atoms with Crippen LogP contribution in [0.1, 0.15) is 45.4 Å². The van der Waals surface area contributed by atoms with E-state index in [0.717, 1.165) is 49.1 Å². The Balaban J connectivity index is 2.38. The van der Waals surface area contributed by atoms with Crippen LogP contribution >= 0.6 is 11.6 Å². The van der Waals surface area contributed by atoms with Crippen molar-refractivity contribution in [1.29, 1.82) is 0 Å². The van der Waals surface area contributed by atoms with Gasteiger partial charge in [-0.15, -0.1) is 0 Å². The van der Waals surface area contributed by atoms with Crippen molar-refractivity contribution in [3.63, 3.8) is 0 Å². The first-order chi connectivity index (χ1) is 9.41. The number of hydrogen-bond donors (Lipinski definition) is 1. The number of nitrogens with one attached hydrogen (secondary N) is 1. The highest BCUT2D eigenvalue weighted by Crippen LogP contribution is 2.20. The maximum Gasteiger partial charge on any atom is 0.131 e. The molecule has 1 aromatic rings. The van der Waals surface area contributed by atoms with Gasteiger partial charge in [0.05, 0.1) is 11.8 Å². The highest BCUT2D eigenvalue weighted by molar-refractivity contribution is 6.30. The molecule has 0 amide bonds. The SMILES string of the molecule is Cc1nn(CC(C)C)c(Cl)c1CNCCCOC(C)C. The van der Waals surface area contributed by atoms with Crippen LogP contribution in [0.3, 0.4) is 0 Å². The Labute approximate surface area is 127 Å². The number of ether oxygens (including phenoxy) is 1. The van der Waals surface area contributed by atoms with Gasteiger partial charge in [0.2, 0.25) is 0 Å². The van der Waals surface area contributed by atoms with Crippen LogP contribution in [0.4, 0.5) is 0 Å². The van der Waals surface area contributed by atoms with Crippen LogP contribution in [-0.2, 0) is 17.8 Å². The number of rotatable bonds is 9. The van der Waals surface area contributed by atoms with Crippen molar-refractivity contribution in [3.05, 3.63) is 16.4 Å². The Morgan fingerprint density at radius 2 is 2.00 bits per heavy atom. The van der Waals surface area contributed by atoms with E-state index in [9.17, 15) is 0 Å². The molecule has 0 aromatic carbocycles. The fourth-order valence-corrected chi connectivity index (χ4v) is 2.30. The fourth-order valence-electron chi connectivity index (χ4n) is 1.99. The van der Waals surface area contributed by atoms with Crippen LogP contribution in [0.5, 0.6) is 0 Å². The monoisotopic (exact) mass is 301 g/mol. The van der Waals surface area contributed by atoms with Crippen LogP contribution in [0.2, 0.25) is 5.15 Å². The van der Waals surface area contributed by atoms with Crippen molar-refractivity contribution < 1.29 is 4.74 Å². The maximum absolute atomic E-state index is 6.39. The molecule has 116 valence electrons. The molecule has 0 spiro atoms. The molecule has 1 N–H and O–H groups in total. The van der Waals surface area contributed by atoms with Crippen molar-refractivity contribution in [2.75, 3.05) is 13.2 Å². The number of aromatic nitrogens is 2. The lowest BCUT2D eigenvalue weighted by molar-refractivity contribution is 0.0770. The molecule has 1 rings (SSSR count). The zero-order chi connectivity index (χ0) is 15.1. The Bertz CT molecular complexity index is 402. The Morgan fingerprint density at radius 3 is 2.60 bits per heavy atom. The van der Waals surface area contributed by atoms with E-state index in [1.807, 2.05) is 11.6 Å². The molecule has 0 aliphatic rings. The van der Waals surface area contributed by atoms with E-state index in [-0.39, 0.29) is 0 Å². The van der Waals surface area contributed by atoms with Gasteiger partial charge in [-0.1, -0.05) is 25.4 Å². The van der Waals surface area contributed by atoms with Crippen molar-refractivity contribution in [2.45, 2.75) is 60.2 Å². The molecule has 0 aliphatic heterocycles. The van der Waals surface area contributed by atoms with Crippen LogP contribution in [0.15, 0.2) is 0 Å². The summed E-state index contributed by atoms with van der Waals surface area (Å²) in [5.74, 6) is 0.542. The van der Waals surface area contributed by atoms with Gasteiger partial charge < -0.3 is 10.1 Å². The summed E-state index contributed by atoms with van der Waals surface area (Å²) in [4.78, 5) is 0. The van der Waals surface area contributed by atoms with Gasteiger partial charge in [0.15, 0.2) is 0 Å². The summed E-state index contributed by atoms with van der Waals surface area (Å²) in [5.41, 5.74) is 2.12. The van der Waals surface area contributed by atoms with Gasteiger partial charge in [-0.3, -0.25) is 4.68 Å². The molecular formula is C15H28ClN3O. The summed E-state index contributed by atoms with van der Waals surface area (Å²) in [7, 11) is 0. The van der Waals surface area contributed by atoms with Gasteiger partial charge in [-0.05, 0) is 39.7 Å². The molecule has 0 bridgehead atoms. The summed E-state index contributed by atoms with van der Waals surface area (Å²) in [6.07, 6.45) is 1.32. The molecule has 0 saturated heterocycles. The van der Waals surface area contributed by atoms with Crippen molar-refractivity contribution in [2.24, 2.45) is 5.92 Å². The maximum atomic E-state index is 6.39. The van der Waals surface area contributed by atoms with E-state index >= 15 is 0 Å². The van der Waals surface area contributed by atoms with Crippen LogP contribution < -0.4 is 5.32 Å². The third-order valence-electron chi connectivity index (χ3n) is 2.97. The fraction of sp³-hybridized carbons (Fsp3) is 0.800. The predicted molar refractivity (Wildman–Crippen MR) is 84.2 cm³/mol. The topological polar surface area (TPSA) is 39.1 Å². The number of nitrogens with zero attached hydrogens (tertiary/aromatic N) is 2. The molecule has 0 atom stereocenters. The average Bonchev–Trinajstić information content (AvgIpc) is 2.59. The van der Waals surface area contributed by atoms with E-state index in [1.165, 1.54) is 0 Å². The van der Waals surface area contributed by atoms with Gasteiger partial charge in [0.1, 0.15) is 5.15 Å². The van der Waals surface area contributed by atoms with Crippen molar-refractivity contribution >= 4 is 11.6 Å². The first kappa shape index (κ1) is 17.5. The lowest BCUT2D eigenvalue weighted by atomic mass is 10.2. The second kappa shape index (κ2) is 8.65. The Hall–Kier alpha value is -0.580. The van der Waals surface area contributed by atoms with E-state index in [0.29, 0.717) is 12.0 Å². The second-order valence-corrected chi connectivity index (χ2v) is 6.24. The third kappa shape index (κ3) is 5.81. The lowest BCUT2D eigenvalue weighted by Gasteiger charge is -2.08. The molecule has 0 aliphatic carbocycles. The molecule has 20 heavy (non-hydrogen) atoms. The quantitative estimate of drug-likeness (QED) is 0.711. The first-order valence-electron chi connectivity index (χ1n) is 7.46. The standard InChI is InChI=1S/C15H28ClN3O/c1-11(2)10-19-15(16)14(13(5)18-19)9-17-7-6-8-20-12(3)4/h11-12,17H,6-10H2,1-5H3. The minimum atomic E-state index is 0.306. The zero-order valence-electron chi connectivity index (χ0n) is 13.4. The predicted octanol–water partition coefficient (Wildman–Crippen LogP) is 3.41.